The Labute approximate surface area is 146 Å². The number of nitrogens with one attached hydrogen (secondary N) is 1. The molecule has 3 rings (SSSR count). The van der Waals surface area contributed by atoms with E-state index in [-0.39, 0.29) is 35.7 Å². The molecule has 0 saturated heterocycles. The van der Waals surface area contributed by atoms with Crippen molar-refractivity contribution in [3.05, 3.63) is 0 Å². The van der Waals surface area contributed by atoms with Crippen molar-refractivity contribution in [2.75, 3.05) is 19.8 Å². The predicted octanol–water partition coefficient (Wildman–Crippen LogP) is 2.88. The number of fused-ring (bicyclic) bond motifs is 2. The van der Waals surface area contributed by atoms with Gasteiger partial charge in [-0.3, -0.25) is 4.79 Å². The van der Waals surface area contributed by atoms with Crippen LogP contribution < -0.4 is 11.1 Å². The second kappa shape index (κ2) is 8.17. The molecule has 4 atom stereocenters. The second-order valence-corrected chi connectivity index (χ2v) is 7.81. The highest BCUT2D eigenvalue weighted by molar-refractivity contribution is 5.85. The number of halogens is 1. The van der Waals surface area contributed by atoms with Gasteiger partial charge in [0.05, 0.1) is 5.92 Å². The molecule has 134 valence electrons. The molecule has 23 heavy (non-hydrogen) atoms. The lowest BCUT2D eigenvalue weighted by Crippen LogP contribution is -2.47. The first-order valence-corrected chi connectivity index (χ1v) is 9.26. The predicted molar refractivity (Wildman–Crippen MR) is 94.6 cm³/mol. The Morgan fingerprint density at radius 2 is 1.96 bits per heavy atom. The molecule has 0 aliphatic heterocycles. The summed E-state index contributed by atoms with van der Waals surface area (Å²) in [5.74, 6) is 1.44. The summed E-state index contributed by atoms with van der Waals surface area (Å²) in [5.41, 5.74) is 6.57. The number of ether oxygens (including phenoxy) is 1. The minimum Gasteiger partial charge on any atom is -0.382 e. The van der Waals surface area contributed by atoms with E-state index in [4.69, 9.17) is 10.5 Å². The van der Waals surface area contributed by atoms with Crippen molar-refractivity contribution in [3.63, 3.8) is 0 Å². The Morgan fingerprint density at radius 1 is 1.26 bits per heavy atom. The van der Waals surface area contributed by atoms with Gasteiger partial charge in [0.1, 0.15) is 0 Å². The monoisotopic (exact) mass is 344 g/mol. The van der Waals surface area contributed by atoms with Crippen LogP contribution in [0, 0.1) is 23.2 Å². The van der Waals surface area contributed by atoms with Gasteiger partial charge < -0.3 is 15.8 Å². The molecule has 3 saturated carbocycles. The molecule has 0 aromatic heterocycles. The van der Waals surface area contributed by atoms with Crippen LogP contribution in [0.2, 0.25) is 0 Å². The third-order valence-electron chi connectivity index (χ3n) is 6.57. The number of carbonyl (C=O) groups excluding carboxylic acids is 1. The molecule has 0 heterocycles. The molecule has 3 fully saturated rings. The molecule has 0 aromatic carbocycles. The van der Waals surface area contributed by atoms with Crippen LogP contribution in [0.15, 0.2) is 0 Å². The Balaban J connectivity index is 0.00000192. The Morgan fingerprint density at radius 3 is 2.57 bits per heavy atom. The molecule has 3 aliphatic rings. The van der Waals surface area contributed by atoms with Crippen molar-refractivity contribution in [2.24, 2.45) is 28.9 Å². The van der Waals surface area contributed by atoms with Crippen molar-refractivity contribution in [3.8, 4) is 0 Å². The number of rotatable bonds is 7. The Bertz CT molecular complexity index is 396. The van der Waals surface area contributed by atoms with Crippen LogP contribution in [-0.4, -0.2) is 31.7 Å². The van der Waals surface area contributed by atoms with Gasteiger partial charge in [-0.2, -0.15) is 0 Å². The molecule has 2 bridgehead atoms. The van der Waals surface area contributed by atoms with Crippen LogP contribution in [0.25, 0.3) is 0 Å². The third-order valence-corrected chi connectivity index (χ3v) is 6.57. The SMILES string of the molecule is CCOCCC1(CNC(=O)C2C3CCC(C3)C2N)CCCC1.Cl. The summed E-state index contributed by atoms with van der Waals surface area (Å²) in [4.78, 5) is 12.7. The fourth-order valence-electron chi connectivity index (χ4n) is 5.19. The van der Waals surface area contributed by atoms with E-state index in [1.807, 2.05) is 6.92 Å². The van der Waals surface area contributed by atoms with Crippen LogP contribution in [-0.2, 0) is 9.53 Å². The van der Waals surface area contributed by atoms with E-state index in [1.165, 1.54) is 44.9 Å². The Kier molecular flexibility index (Phi) is 6.76. The zero-order valence-corrected chi connectivity index (χ0v) is 15.2. The van der Waals surface area contributed by atoms with Gasteiger partial charge in [0.2, 0.25) is 5.91 Å². The van der Waals surface area contributed by atoms with Crippen LogP contribution >= 0.6 is 12.4 Å². The minimum absolute atomic E-state index is 0. The van der Waals surface area contributed by atoms with E-state index in [9.17, 15) is 4.79 Å². The van der Waals surface area contributed by atoms with Gasteiger partial charge in [0.15, 0.2) is 0 Å². The van der Waals surface area contributed by atoms with Gasteiger partial charge in [-0.25, -0.2) is 0 Å². The molecule has 0 radical (unpaired) electrons. The maximum atomic E-state index is 12.7. The maximum absolute atomic E-state index is 12.7. The summed E-state index contributed by atoms with van der Waals surface area (Å²) < 4.78 is 5.55. The second-order valence-electron chi connectivity index (χ2n) is 7.81. The highest BCUT2D eigenvalue weighted by atomic mass is 35.5. The van der Waals surface area contributed by atoms with Gasteiger partial charge in [-0.1, -0.05) is 12.8 Å². The lowest BCUT2D eigenvalue weighted by Gasteiger charge is -2.32. The zero-order valence-electron chi connectivity index (χ0n) is 14.4. The van der Waals surface area contributed by atoms with Crippen molar-refractivity contribution in [2.45, 2.75) is 64.3 Å². The van der Waals surface area contributed by atoms with E-state index in [0.717, 1.165) is 26.2 Å². The third kappa shape index (κ3) is 4.02. The molecule has 0 aromatic rings. The highest BCUT2D eigenvalue weighted by Gasteiger charge is 2.49. The van der Waals surface area contributed by atoms with Crippen LogP contribution in [0.4, 0.5) is 0 Å². The minimum atomic E-state index is 0. The fourth-order valence-corrected chi connectivity index (χ4v) is 5.19. The summed E-state index contributed by atoms with van der Waals surface area (Å²) in [5, 5.41) is 3.28. The van der Waals surface area contributed by atoms with Gasteiger partial charge >= 0.3 is 0 Å². The lowest BCUT2D eigenvalue weighted by molar-refractivity contribution is -0.127. The standard InChI is InChI=1S/C18H32N2O2.ClH/c1-2-22-10-9-18(7-3-4-8-18)12-20-17(21)15-13-5-6-14(11-13)16(15)19;/h13-16H,2-12,19H2,1H3,(H,20,21);1H. The van der Waals surface area contributed by atoms with Crippen molar-refractivity contribution >= 4 is 18.3 Å². The molecule has 4 unspecified atom stereocenters. The number of carbonyl (C=O) groups is 1. The fraction of sp³-hybridized carbons (Fsp3) is 0.944. The van der Waals surface area contributed by atoms with Crippen molar-refractivity contribution in [1.82, 2.24) is 5.32 Å². The molecular weight excluding hydrogens is 312 g/mol. The molecule has 0 spiro atoms. The largest absolute Gasteiger partial charge is 0.382 e. The summed E-state index contributed by atoms with van der Waals surface area (Å²) >= 11 is 0. The normalized spacial score (nSPS) is 34.3. The highest BCUT2D eigenvalue weighted by Crippen LogP contribution is 2.48. The summed E-state index contributed by atoms with van der Waals surface area (Å²) in [6.45, 7) is 4.46. The molecule has 5 heteroatoms. The number of nitrogens with two attached hydrogens (primary N) is 1. The lowest BCUT2D eigenvalue weighted by atomic mass is 9.81. The average Bonchev–Trinajstić information content (AvgIpc) is 3.21. The maximum Gasteiger partial charge on any atom is 0.224 e. The number of hydrogen-bond acceptors (Lipinski definition) is 3. The first-order chi connectivity index (χ1) is 10.7. The van der Waals surface area contributed by atoms with E-state index in [0.29, 0.717) is 11.8 Å². The van der Waals surface area contributed by atoms with Gasteiger partial charge in [-0.05, 0) is 62.7 Å². The van der Waals surface area contributed by atoms with Crippen LogP contribution in [0.1, 0.15) is 58.3 Å². The molecule has 1 amide bonds. The zero-order chi connectivity index (χ0) is 15.6. The molecule has 4 nitrogen and oxygen atoms in total. The summed E-state index contributed by atoms with van der Waals surface area (Å²) in [6.07, 6.45) is 9.70. The van der Waals surface area contributed by atoms with Gasteiger partial charge in [0, 0.05) is 25.8 Å². The molecular formula is C18H33ClN2O2. The molecule has 3 N–H and O–H groups in total. The van der Waals surface area contributed by atoms with E-state index in [1.54, 1.807) is 0 Å². The summed E-state index contributed by atoms with van der Waals surface area (Å²) in [6, 6.07) is 0.0988. The topological polar surface area (TPSA) is 64.3 Å². The van der Waals surface area contributed by atoms with E-state index >= 15 is 0 Å². The van der Waals surface area contributed by atoms with E-state index in [2.05, 4.69) is 5.32 Å². The first-order valence-electron chi connectivity index (χ1n) is 9.26. The molecule has 3 aliphatic carbocycles. The number of hydrogen-bond donors (Lipinski definition) is 2. The van der Waals surface area contributed by atoms with Crippen molar-refractivity contribution < 1.29 is 9.53 Å². The summed E-state index contributed by atoms with van der Waals surface area (Å²) in [7, 11) is 0. The quantitative estimate of drug-likeness (QED) is 0.698. The Hall–Kier alpha value is -0.320. The smallest absolute Gasteiger partial charge is 0.224 e. The van der Waals surface area contributed by atoms with Gasteiger partial charge in [-0.15, -0.1) is 12.4 Å². The van der Waals surface area contributed by atoms with Gasteiger partial charge in [0.25, 0.3) is 0 Å². The van der Waals surface area contributed by atoms with Crippen LogP contribution in [0.5, 0.6) is 0 Å². The average molecular weight is 345 g/mol. The van der Waals surface area contributed by atoms with Crippen LogP contribution in [0.3, 0.4) is 0 Å². The number of amides is 1. The van der Waals surface area contributed by atoms with Crippen molar-refractivity contribution in [1.29, 1.82) is 0 Å². The van der Waals surface area contributed by atoms with E-state index < -0.39 is 0 Å². The first kappa shape index (κ1) is 19.0.